The lowest BCUT2D eigenvalue weighted by atomic mass is 9.97. The predicted molar refractivity (Wildman–Crippen MR) is 73.5 cm³/mol. The van der Waals surface area contributed by atoms with E-state index in [1.54, 1.807) is 0 Å². The second kappa shape index (κ2) is 8.18. The van der Waals surface area contributed by atoms with Crippen LogP contribution in [0.2, 0.25) is 0 Å². The summed E-state index contributed by atoms with van der Waals surface area (Å²) in [7, 11) is 1.01. The minimum Gasteiger partial charge on any atom is -0.467 e. The molecule has 0 aliphatic carbocycles. The van der Waals surface area contributed by atoms with Crippen LogP contribution in [0.15, 0.2) is 0 Å². The molecule has 0 radical (unpaired) electrons. The molecule has 1 unspecified atom stereocenters. The molecule has 0 amide bonds. The van der Waals surface area contributed by atoms with Gasteiger partial charge in [0, 0.05) is 0 Å². The lowest BCUT2D eigenvalue weighted by Crippen LogP contribution is -2.64. The fourth-order valence-corrected chi connectivity index (χ4v) is 2.64. The van der Waals surface area contributed by atoms with Gasteiger partial charge < -0.3 is 54.7 Å². The average Bonchev–Trinajstić information content (AvgIpc) is 2.60. The zero-order valence-corrected chi connectivity index (χ0v) is 13.2. The minimum atomic E-state index is -1.85. The van der Waals surface area contributed by atoms with E-state index < -0.39 is 74.0 Å². The Hall–Kier alpha value is -0.930. The normalized spacial score (nSPS) is 48.2. The Kier molecular flexibility index (Phi) is 6.67. The van der Waals surface area contributed by atoms with Crippen LogP contribution in [0.1, 0.15) is 0 Å². The summed E-state index contributed by atoms with van der Waals surface area (Å²) < 4.78 is 19.5. The van der Waals surface area contributed by atoms with Gasteiger partial charge in [-0.25, -0.2) is 4.79 Å². The molecule has 2 aliphatic heterocycles. The van der Waals surface area contributed by atoms with Gasteiger partial charge in [-0.3, -0.25) is 0 Å². The van der Waals surface area contributed by atoms with Gasteiger partial charge in [-0.2, -0.15) is 0 Å². The second-order valence-electron chi connectivity index (χ2n) is 5.75. The molecule has 12 nitrogen and oxygen atoms in total. The highest BCUT2D eigenvalue weighted by Crippen LogP contribution is 2.28. The molecule has 2 rings (SSSR count). The summed E-state index contributed by atoms with van der Waals surface area (Å²) in [5.74, 6) is -1.05. The van der Waals surface area contributed by atoms with Gasteiger partial charge in [0.2, 0.25) is 0 Å². The first-order valence-electron chi connectivity index (χ1n) is 7.46. The molecule has 2 fully saturated rings. The van der Waals surface area contributed by atoms with E-state index in [1.165, 1.54) is 0 Å². The molecule has 146 valence electrons. The molecule has 10 atom stereocenters. The number of carbonyl (C=O) groups is 1. The van der Waals surface area contributed by atoms with Gasteiger partial charge >= 0.3 is 5.97 Å². The number of esters is 1. The predicted octanol–water partition coefficient (Wildman–Crippen LogP) is -5.22. The monoisotopic (exact) mass is 370 g/mol. The number of aliphatic hydroxyl groups excluding tert-OH is 7. The van der Waals surface area contributed by atoms with Gasteiger partial charge in [0.05, 0.1) is 13.7 Å². The summed E-state index contributed by atoms with van der Waals surface area (Å²) in [5.41, 5.74) is 0. The van der Waals surface area contributed by atoms with Gasteiger partial charge in [-0.05, 0) is 0 Å². The van der Waals surface area contributed by atoms with Crippen molar-refractivity contribution in [3.63, 3.8) is 0 Å². The first kappa shape index (κ1) is 20.4. The number of carbonyl (C=O) groups excluding carboxylic acids is 1. The maximum atomic E-state index is 11.6. The third kappa shape index (κ3) is 3.93. The average molecular weight is 370 g/mol. The van der Waals surface area contributed by atoms with E-state index in [1.807, 2.05) is 0 Å². The van der Waals surface area contributed by atoms with Crippen molar-refractivity contribution < 1.29 is 59.5 Å². The molecule has 0 spiro atoms. The van der Waals surface area contributed by atoms with E-state index in [0.29, 0.717) is 0 Å². The van der Waals surface area contributed by atoms with Crippen LogP contribution >= 0.6 is 0 Å². The highest BCUT2D eigenvalue weighted by molar-refractivity contribution is 5.75. The van der Waals surface area contributed by atoms with Crippen LogP contribution < -0.4 is 0 Å². The Morgan fingerprint density at radius 3 is 2.12 bits per heavy atom. The summed E-state index contributed by atoms with van der Waals surface area (Å²) in [6, 6.07) is 0. The van der Waals surface area contributed by atoms with Gasteiger partial charge in [0.25, 0.3) is 0 Å². The zero-order valence-electron chi connectivity index (χ0n) is 13.2. The number of hydrogen-bond acceptors (Lipinski definition) is 12. The number of hydrogen-bond donors (Lipinski definition) is 7. The molecule has 0 aromatic heterocycles. The van der Waals surface area contributed by atoms with E-state index >= 15 is 0 Å². The number of methoxy groups -OCH3 is 1. The van der Waals surface area contributed by atoms with Gasteiger partial charge in [-0.15, -0.1) is 0 Å². The molecule has 0 aromatic carbocycles. The molecule has 0 saturated carbocycles. The molecule has 7 N–H and O–H groups in total. The molecule has 2 heterocycles. The minimum absolute atomic E-state index is 0.681. The molecule has 0 bridgehead atoms. The summed E-state index contributed by atoms with van der Waals surface area (Å²) in [6.45, 7) is -0.681. The SMILES string of the molecule is COC(=O)[C@H]1O[C@@H](O[C@H]2C(O)O[C@H](CO)[C@H](O)[C@@H]2O)[C@H](O)[C@@H](O)[C@@H]1O. The molecule has 2 aliphatic rings. The highest BCUT2D eigenvalue weighted by Gasteiger charge is 2.51. The zero-order chi connectivity index (χ0) is 18.9. The Morgan fingerprint density at radius 1 is 0.920 bits per heavy atom. The van der Waals surface area contributed by atoms with Crippen LogP contribution in [0.5, 0.6) is 0 Å². The maximum Gasteiger partial charge on any atom is 0.337 e. The van der Waals surface area contributed by atoms with Crippen molar-refractivity contribution in [3.05, 3.63) is 0 Å². The van der Waals surface area contributed by atoms with Crippen LogP contribution in [0.25, 0.3) is 0 Å². The van der Waals surface area contributed by atoms with Crippen molar-refractivity contribution in [2.75, 3.05) is 13.7 Å². The number of rotatable bonds is 4. The molecule has 12 heteroatoms. The van der Waals surface area contributed by atoms with Crippen molar-refractivity contribution in [1.82, 2.24) is 0 Å². The van der Waals surface area contributed by atoms with Gasteiger partial charge in [-0.1, -0.05) is 0 Å². The smallest absolute Gasteiger partial charge is 0.337 e. The van der Waals surface area contributed by atoms with Crippen LogP contribution in [0.4, 0.5) is 0 Å². The fourth-order valence-electron chi connectivity index (χ4n) is 2.64. The van der Waals surface area contributed by atoms with Crippen LogP contribution in [0.3, 0.4) is 0 Å². The molecular formula is C13H22O12. The van der Waals surface area contributed by atoms with Crippen molar-refractivity contribution in [2.24, 2.45) is 0 Å². The second-order valence-corrected chi connectivity index (χ2v) is 5.75. The van der Waals surface area contributed by atoms with E-state index in [0.717, 1.165) is 7.11 Å². The van der Waals surface area contributed by atoms with Crippen molar-refractivity contribution in [2.45, 2.75) is 61.4 Å². The van der Waals surface area contributed by atoms with Gasteiger partial charge in [0.15, 0.2) is 18.7 Å². The van der Waals surface area contributed by atoms with Crippen molar-refractivity contribution >= 4 is 5.97 Å². The number of aliphatic hydroxyl groups is 7. The van der Waals surface area contributed by atoms with E-state index in [4.69, 9.17) is 19.3 Å². The van der Waals surface area contributed by atoms with Crippen molar-refractivity contribution in [3.8, 4) is 0 Å². The molecular weight excluding hydrogens is 348 g/mol. The standard InChI is InChI=1S/C13H22O12/c1-22-11(20)9-7(18)5(16)8(19)13(24-9)25-10-6(17)4(15)3(2-14)23-12(10)21/h3-10,12-19,21H,2H2,1H3/t3-,4+,5+,6+,7+,8-,9+,10-,12?,13+/m1/s1. The third-order valence-corrected chi connectivity index (χ3v) is 4.14. The van der Waals surface area contributed by atoms with E-state index in [2.05, 4.69) is 4.74 Å². The van der Waals surface area contributed by atoms with Crippen LogP contribution in [-0.4, -0.2) is 117 Å². The summed E-state index contributed by atoms with van der Waals surface area (Å²) >= 11 is 0. The topological polar surface area (TPSA) is 196 Å². The molecule has 0 aromatic rings. The quantitative estimate of drug-likeness (QED) is 0.233. The lowest BCUT2D eigenvalue weighted by molar-refractivity contribution is -0.358. The summed E-state index contributed by atoms with van der Waals surface area (Å²) in [6.07, 6.45) is -17.0. The number of ether oxygens (including phenoxy) is 4. The largest absolute Gasteiger partial charge is 0.467 e. The van der Waals surface area contributed by atoms with Crippen LogP contribution in [-0.2, 0) is 23.7 Å². The van der Waals surface area contributed by atoms with E-state index in [9.17, 15) is 35.4 Å². The Balaban J connectivity index is 2.13. The summed E-state index contributed by atoms with van der Waals surface area (Å²) in [5, 5.41) is 68.2. The first-order valence-corrected chi connectivity index (χ1v) is 7.46. The lowest BCUT2D eigenvalue weighted by Gasteiger charge is -2.44. The molecule has 25 heavy (non-hydrogen) atoms. The Bertz CT molecular complexity index is 460. The first-order chi connectivity index (χ1) is 11.7. The highest BCUT2D eigenvalue weighted by atomic mass is 16.7. The van der Waals surface area contributed by atoms with Gasteiger partial charge in [0.1, 0.15) is 42.7 Å². The van der Waals surface area contributed by atoms with Crippen LogP contribution in [0, 0.1) is 0 Å². The maximum absolute atomic E-state index is 11.6. The summed E-state index contributed by atoms with van der Waals surface area (Å²) in [4.78, 5) is 11.6. The van der Waals surface area contributed by atoms with E-state index in [-0.39, 0.29) is 0 Å². The Labute approximate surface area is 141 Å². The Morgan fingerprint density at radius 2 is 1.56 bits per heavy atom. The fraction of sp³-hybridized carbons (Fsp3) is 0.923. The third-order valence-electron chi connectivity index (χ3n) is 4.14. The molecule has 2 saturated heterocycles. The van der Waals surface area contributed by atoms with Crippen molar-refractivity contribution in [1.29, 1.82) is 0 Å².